The minimum absolute atomic E-state index is 0.0109. The average molecular weight is 407 g/mol. The van der Waals surface area contributed by atoms with Crippen LogP contribution in [0.2, 0.25) is 0 Å². The Hall–Kier alpha value is -1.38. The molecule has 1 aliphatic heterocycles. The fraction of sp³-hybridized carbons (Fsp3) is 0.500. The quantitative estimate of drug-likeness (QED) is 0.251. The number of ether oxygens (including phenoxy) is 1. The summed E-state index contributed by atoms with van der Waals surface area (Å²) in [6, 6.07) is 5.84. The molecule has 0 unspecified atom stereocenters. The fourth-order valence-electron chi connectivity index (χ4n) is 2.38. The van der Waals surface area contributed by atoms with Crippen molar-refractivity contribution in [3.05, 3.63) is 29.8 Å². The van der Waals surface area contributed by atoms with E-state index in [4.69, 9.17) is 27.2 Å². The molecule has 1 heterocycles. The molecule has 0 amide bonds. The first-order valence-corrected chi connectivity index (χ1v) is 9.55. The smallest absolute Gasteiger partial charge is 0.238 e. The van der Waals surface area contributed by atoms with Crippen molar-refractivity contribution in [2.75, 3.05) is 6.61 Å². The third-order valence-corrected chi connectivity index (χ3v) is 5.06. The second-order valence-electron chi connectivity index (χ2n) is 5.77. The Bertz CT molecular complexity index is 727. The van der Waals surface area contributed by atoms with E-state index in [0.717, 1.165) is 5.56 Å². The Morgan fingerprint density at radius 3 is 2.31 bits per heavy atom. The van der Waals surface area contributed by atoms with Gasteiger partial charge in [-0.1, -0.05) is 12.1 Å². The van der Waals surface area contributed by atoms with Crippen LogP contribution < -0.4 is 15.8 Å². The first-order chi connectivity index (χ1) is 12.1. The number of hydrogen-bond acceptors (Lipinski definition) is 8. The molecule has 2 rings (SSSR count). The maximum atomic E-state index is 11.2. The molecule has 1 aliphatic rings. The van der Waals surface area contributed by atoms with Crippen molar-refractivity contribution in [2.24, 2.45) is 5.14 Å². The van der Waals surface area contributed by atoms with Gasteiger partial charge in [0.1, 0.15) is 24.4 Å². The van der Waals surface area contributed by atoms with Crippen molar-refractivity contribution in [3.8, 4) is 0 Å². The van der Waals surface area contributed by atoms with Gasteiger partial charge in [0.2, 0.25) is 10.0 Å². The van der Waals surface area contributed by atoms with Gasteiger partial charge in [-0.3, -0.25) is 0 Å². The molecule has 5 atom stereocenters. The lowest BCUT2D eigenvalue weighted by molar-refractivity contribution is -0.232. The number of nitrogens with one attached hydrogen (secondary N) is 2. The first-order valence-electron chi connectivity index (χ1n) is 7.60. The summed E-state index contributed by atoms with van der Waals surface area (Å²) in [5.41, 5.74) is 0.718. The molecule has 1 fully saturated rings. The zero-order valence-corrected chi connectivity index (χ0v) is 15.2. The Kier molecular flexibility index (Phi) is 6.87. The Morgan fingerprint density at radius 2 is 1.77 bits per heavy atom. The van der Waals surface area contributed by atoms with Gasteiger partial charge in [0, 0.05) is 6.54 Å². The SMILES string of the molecule is NS(=O)(=O)c1ccc(CNC(=S)N[C@@H]2O[C@H](CO)[C@H](O)[C@H](O)[C@H]2O)cc1. The number of rotatable bonds is 5. The molecule has 10 nitrogen and oxygen atoms in total. The predicted octanol–water partition coefficient (Wildman–Crippen LogP) is -2.90. The zero-order chi connectivity index (χ0) is 19.5. The lowest BCUT2D eigenvalue weighted by Gasteiger charge is -2.40. The van der Waals surface area contributed by atoms with Gasteiger partial charge in [0.05, 0.1) is 11.5 Å². The van der Waals surface area contributed by atoms with Gasteiger partial charge in [-0.2, -0.15) is 0 Å². The van der Waals surface area contributed by atoms with Crippen LogP contribution in [0.1, 0.15) is 5.56 Å². The van der Waals surface area contributed by atoms with Crippen molar-refractivity contribution in [1.82, 2.24) is 10.6 Å². The number of aliphatic hydroxyl groups is 4. The molecule has 1 saturated heterocycles. The van der Waals surface area contributed by atoms with Crippen LogP contribution in [0.4, 0.5) is 0 Å². The van der Waals surface area contributed by atoms with Crippen LogP contribution in [0.5, 0.6) is 0 Å². The third-order valence-electron chi connectivity index (χ3n) is 3.87. The summed E-state index contributed by atoms with van der Waals surface area (Å²) in [5.74, 6) is 0. The van der Waals surface area contributed by atoms with Crippen LogP contribution >= 0.6 is 12.2 Å². The van der Waals surface area contributed by atoms with E-state index in [1.165, 1.54) is 12.1 Å². The zero-order valence-electron chi connectivity index (χ0n) is 13.5. The summed E-state index contributed by atoms with van der Waals surface area (Å²) in [6.45, 7) is -0.298. The van der Waals surface area contributed by atoms with E-state index in [9.17, 15) is 23.7 Å². The third kappa shape index (κ3) is 5.08. The first kappa shape index (κ1) is 20.9. The second kappa shape index (κ2) is 8.54. The topological polar surface area (TPSA) is 174 Å². The summed E-state index contributed by atoms with van der Waals surface area (Å²) >= 11 is 5.08. The molecular formula is C14H21N3O7S2. The predicted molar refractivity (Wildman–Crippen MR) is 94.2 cm³/mol. The lowest BCUT2D eigenvalue weighted by Crippen LogP contribution is -2.63. The van der Waals surface area contributed by atoms with Gasteiger partial charge in [0.25, 0.3) is 0 Å². The van der Waals surface area contributed by atoms with E-state index in [1.807, 2.05) is 0 Å². The van der Waals surface area contributed by atoms with E-state index < -0.39 is 47.3 Å². The maximum absolute atomic E-state index is 11.2. The molecule has 146 valence electrons. The number of primary sulfonamides is 1. The van der Waals surface area contributed by atoms with Gasteiger partial charge in [0.15, 0.2) is 11.3 Å². The number of thiocarbonyl (C=S) groups is 1. The summed E-state index contributed by atoms with van der Waals surface area (Å²) in [7, 11) is -3.76. The molecule has 0 saturated carbocycles. The Labute approximate surface area is 155 Å². The van der Waals surface area contributed by atoms with Crippen molar-refractivity contribution in [2.45, 2.75) is 42.1 Å². The summed E-state index contributed by atoms with van der Waals surface area (Å²) in [6.07, 6.45) is -6.59. The van der Waals surface area contributed by atoms with Crippen LogP contribution in [-0.4, -0.2) is 71.2 Å². The van der Waals surface area contributed by atoms with E-state index in [1.54, 1.807) is 12.1 Å². The molecule has 12 heteroatoms. The van der Waals surface area contributed by atoms with E-state index in [0.29, 0.717) is 0 Å². The average Bonchev–Trinajstić information content (AvgIpc) is 2.60. The maximum Gasteiger partial charge on any atom is 0.238 e. The summed E-state index contributed by atoms with van der Waals surface area (Å²) in [4.78, 5) is -0.0109. The number of benzene rings is 1. The van der Waals surface area contributed by atoms with Crippen LogP contribution in [0.15, 0.2) is 29.2 Å². The van der Waals surface area contributed by atoms with E-state index in [2.05, 4.69) is 10.6 Å². The normalized spacial score (nSPS) is 29.2. The molecule has 0 aromatic heterocycles. The van der Waals surface area contributed by atoms with Crippen molar-refractivity contribution >= 4 is 27.4 Å². The largest absolute Gasteiger partial charge is 0.394 e. The number of aliphatic hydroxyl groups excluding tert-OH is 4. The van der Waals surface area contributed by atoms with Gasteiger partial charge >= 0.3 is 0 Å². The summed E-state index contributed by atoms with van der Waals surface area (Å²) in [5, 5.41) is 49.1. The lowest BCUT2D eigenvalue weighted by atomic mass is 9.98. The molecule has 0 bridgehead atoms. The summed E-state index contributed by atoms with van der Waals surface area (Å²) < 4.78 is 27.7. The highest BCUT2D eigenvalue weighted by molar-refractivity contribution is 7.89. The minimum Gasteiger partial charge on any atom is -0.394 e. The molecule has 1 aromatic rings. The van der Waals surface area contributed by atoms with Crippen molar-refractivity contribution in [1.29, 1.82) is 0 Å². The van der Waals surface area contributed by atoms with Gasteiger partial charge in [-0.05, 0) is 29.9 Å². The molecule has 0 radical (unpaired) electrons. The highest BCUT2D eigenvalue weighted by atomic mass is 32.2. The van der Waals surface area contributed by atoms with Crippen molar-refractivity contribution in [3.63, 3.8) is 0 Å². The molecule has 0 aliphatic carbocycles. The number of sulfonamides is 1. The van der Waals surface area contributed by atoms with Crippen LogP contribution in [0, 0.1) is 0 Å². The molecule has 0 spiro atoms. The molecule has 26 heavy (non-hydrogen) atoms. The molecule has 1 aromatic carbocycles. The Morgan fingerprint density at radius 1 is 1.15 bits per heavy atom. The van der Waals surface area contributed by atoms with Gasteiger partial charge < -0.3 is 35.8 Å². The second-order valence-corrected chi connectivity index (χ2v) is 7.74. The fourth-order valence-corrected chi connectivity index (χ4v) is 3.08. The van der Waals surface area contributed by atoms with E-state index >= 15 is 0 Å². The molecule has 8 N–H and O–H groups in total. The minimum atomic E-state index is -3.76. The van der Waals surface area contributed by atoms with Crippen LogP contribution in [-0.2, 0) is 21.3 Å². The van der Waals surface area contributed by atoms with Gasteiger partial charge in [-0.15, -0.1) is 0 Å². The Balaban J connectivity index is 1.90. The standard InChI is InChI=1S/C14H21N3O7S2/c15-26(22,23)8-3-1-7(2-4-8)5-16-14(25)17-13-12(21)11(20)10(19)9(6-18)24-13/h1-4,9-13,18-21H,5-6H2,(H2,15,22,23)(H2,16,17,25)/t9-,10+,11+,12-,13-/m1/s1. The highest BCUT2D eigenvalue weighted by Gasteiger charge is 2.43. The highest BCUT2D eigenvalue weighted by Crippen LogP contribution is 2.19. The monoisotopic (exact) mass is 407 g/mol. The van der Waals surface area contributed by atoms with Crippen LogP contribution in [0.25, 0.3) is 0 Å². The van der Waals surface area contributed by atoms with Crippen molar-refractivity contribution < 1.29 is 33.6 Å². The number of hydrogen-bond donors (Lipinski definition) is 7. The molecular weight excluding hydrogens is 386 g/mol. The van der Waals surface area contributed by atoms with E-state index in [-0.39, 0.29) is 16.6 Å². The van der Waals surface area contributed by atoms with Crippen LogP contribution in [0.3, 0.4) is 0 Å². The number of nitrogens with two attached hydrogens (primary N) is 1. The van der Waals surface area contributed by atoms with Gasteiger partial charge in [-0.25, -0.2) is 13.6 Å².